The van der Waals surface area contributed by atoms with Gasteiger partial charge in [0.15, 0.2) is 5.75 Å². The Morgan fingerprint density at radius 2 is 1.73 bits per heavy atom. The summed E-state index contributed by atoms with van der Waals surface area (Å²) in [5.74, 6) is 0.423. The lowest BCUT2D eigenvalue weighted by molar-refractivity contribution is -0.384. The van der Waals surface area contributed by atoms with Crippen LogP contribution in [0.4, 0.5) is 5.69 Å². The van der Waals surface area contributed by atoms with Gasteiger partial charge >= 0.3 is 0 Å². The molecule has 2 aromatic rings. The molecule has 0 saturated carbocycles. The van der Waals surface area contributed by atoms with Gasteiger partial charge in [0.2, 0.25) is 5.75 Å². The van der Waals surface area contributed by atoms with E-state index in [4.69, 9.17) is 9.47 Å². The number of hydrogen-bond acceptors (Lipinski definition) is 5. The van der Waals surface area contributed by atoms with Gasteiger partial charge in [0.1, 0.15) is 13.2 Å². The molecular formula is C30H42N2O5. The summed E-state index contributed by atoms with van der Waals surface area (Å²) < 4.78 is 13.5. The lowest BCUT2D eigenvalue weighted by Crippen LogP contribution is -2.24. The molecule has 0 aliphatic carbocycles. The molecule has 1 aromatic heterocycles. The van der Waals surface area contributed by atoms with E-state index in [0.29, 0.717) is 23.2 Å². The fourth-order valence-corrected chi connectivity index (χ4v) is 4.14. The van der Waals surface area contributed by atoms with Crippen molar-refractivity contribution in [3.05, 3.63) is 74.6 Å². The molecule has 2 rings (SSSR count). The Balaban J connectivity index is 2.44. The summed E-state index contributed by atoms with van der Waals surface area (Å²) in [5, 5.41) is 12.1. The Morgan fingerprint density at radius 1 is 1.03 bits per heavy atom. The number of aryl methyl sites for hydroxylation is 1. The number of fused-ring (bicyclic) bond motifs is 1. The van der Waals surface area contributed by atoms with Crippen LogP contribution in [0, 0.1) is 10.1 Å². The number of rotatable bonds is 17. The third kappa shape index (κ3) is 9.23. The second-order valence-electron chi connectivity index (χ2n) is 9.62. The molecule has 0 spiro atoms. The highest BCUT2D eigenvalue weighted by Gasteiger charge is 2.21. The highest BCUT2D eigenvalue weighted by Crippen LogP contribution is 2.35. The van der Waals surface area contributed by atoms with Crippen LogP contribution in [0.1, 0.15) is 79.1 Å². The van der Waals surface area contributed by atoms with Crippen LogP contribution in [0.2, 0.25) is 0 Å². The Bertz CT molecular complexity index is 1170. The van der Waals surface area contributed by atoms with Crippen molar-refractivity contribution in [2.75, 3.05) is 13.2 Å². The SMILES string of the molecule is C=CCOc1c(OC/C=C(\C)CCC=C(C)C)c2ccc([N+](=O)[O-])cc2n(CCCCCCCC)c1=O. The molecule has 37 heavy (non-hydrogen) atoms. The molecule has 0 fully saturated rings. The zero-order chi connectivity index (χ0) is 27.2. The molecule has 0 aliphatic heterocycles. The summed E-state index contributed by atoms with van der Waals surface area (Å²) in [4.78, 5) is 24.7. The van der Waals surface area contributed by atoms with Crippen LogP contribution in [0.5, 0.6) is 11.5 Å². The second-order valence-corrected chi connectivity index (χ2v) is 9.62. The second kappa shape index (κ2) is 15.7. The van der Waals surface area contributed by atoms with Crippen molar-refractivity contribution >= 4 is 16.6 Å². The first-order valence-corrected chi connectivity index (χ1v) is 13.3. The van der Waals surface area contributed by atoms with Gasteiger partial charge in [-0.1, -0.05) is 68.9 Å². The van der Waals surface area contributed by atoms with Crippen LogP contribution in [0.15, 0.2) is 58.9 Å². The van der Waals surface area contributed by atoms with Crippen molar-refractivity contribution in [3.63, 3.8) is 0 Å². The molecule has 7 nitrogen and oxygen atoms in total. The van der Waals surface area contributed by atoms with Gasteiger partial charge in [0.05, 0.1) is 10.4 Å². The molecule has 0 amide bonds. The first kappa shape index (κ1) is 29.9. The number of allylic oxidation sites excluding steroid dienone is 3. The number of unbranched alkanes of at least 4 members (excludes halogenated alkanes) is 5. The number of benzene rings is 1. The van der Waals surface area contributed by atoms with Crippen LogP contribution in [-0.4, -0.2) is 22.7 Å². The average molecular weight is 511 g/mol. The third-order valence-electron chi connectivity index (χ3n) is 6.20. The largest absolute Gasteiger partial charge is 0.485 e. The summed E-state index contributed by atoms with van der Waals surface area (Å²) in [6, 6.07) is 4.54. The molecule has 1 heterocycles. The minimum absolute atomic E-state index is 0.0654. The maximum Gasteiger partial charge on any atom is 0.297 e. The fraction of sp³-hybridized carbons (Fsp3) is 0.500. The van der Waals surface area contributed by atoms with E-state index in [1.165, 1.54) is 42.5 Å². The third-order valence-corrected chi connectivity index (χ3v) is 6.20. The minimum Gasteiger partial charge on any atom is -0.485 e. The maximum atomic E-state index is 13.6. The van der Waals surface area contributed by atoms with E-state index in [2.05, 4.69) is 40.3 Å². The van der Waals surface area contributed by atoms with Gasteiger partial charge in [-0.05, 0) is 52.2 Å². The topological polar surface area (TPSA) is 83.6 Å². The highest BCUT2D eigenvalue weighted by molar-refractivity contribution is 5.89. The molecule has 0 bridgehead atoms. The van der Waals surface area contributed by atoms with Crippen molar-refractivity contribution in [2.24, 2.45) is 0 Å². The molecule has 0 N–H and O–H groups in total. The highest BCUT2D eigenvalue weighted by atomic mass is 16.6. The average Bonchev–Trinajstić information content (AvgIpc) is 2.86. The molecule has 0 atom stereocenters. The predicted octanol–water partition coefficient (Wildman–Crippen LogP) is 7.91. The van der Waals surface area contributed by atoms with Crippen molar-refractivity contribution in [3.8, 4) is 11.5 Å². The Kier molecular flexibility index (Phi) is 12.7. The van der Waals surface area contributed by atoms with Crippen molar-refractivity contribution in [1.82, 2.24) is 4.57 Å². The molecule has 7 heteroatoms. The van der Waals surface area contributed by atoms with E-state index >= 15 is 0 Å². The minimum atomic E-state index is -0.444. The van der Waals surface area contributed by atoms with E-state index in [0.717, 1.165) is 32.1 Å². The number of aromatic nitrogens is 1. The molecule has 202 valence electrons. The smallest absolute Gasteiger partial charge is 0.297 e. The van der Waals surface area contributed by atoms with Gasteiger partial charge in [-0.2, -0.15) is 0 Å². The van der Waals surface area contributed by atoms with Gasteiger partial charge < -0.3 is 14.0 Å². The molecule has 0 aliphatic rings. The number of non-ortho nitro benzene ring substituents is 1. The van der Waals surface area contributed by atoms with Crippen LogP contribution < -0.4 is 15.0 Å². The fourth-order valence-electron chi connectivity index (χ4n) is 4.14. The number of ether oxygens (including phenoxy) is 2. The summed E-state index contributed by atoms with van der Waals surface area (Å²) >= 11 is 0. The molecule has 1 aromatic carbocycles. The van der Waals surface area contributed by atoms with E-state index in [1.54, 1.807) is 16.7 Å². The molecular weight excluding hydrogens is 468 g/mol. The quantitative estimate of drug-likeness (QED) is 0.0934. The number of hydrogen-bond donors (Lipinski definition) is 0. The van der Waals surface area contributed by atoms with Gasteiger partial charge in [-0.25, -0.2) is 0 Å². The van der Waals surface area contributed by atoms with Crippen molar-refractivity contribution in [1.29, 1.82) is 0 Å². The summed E-state index contributed by atoms with van der Waals surface area (Å²) in [6.45, 7) is 13.0. The first-order chi connectivity index (χ1) is 17.8. The van der Waals surface area contributed by atoms with Crippen LogP contribution in [-0.2, 0) is 6.54 Å². The van der Waals surface area contributed by atoms with E-state index in [9.17, 15) is 14.9 Å². The summed E-state index contributed by atoms with van der Waals surface area (Å²) in [5.41, 5.74) is 2.54. The van der Waals surface area contributed by atoms with E-state index in [-0.39, 0.29) is 30.2 Å². The standard InChI is InChI=1S/C30H42N2O5/c1-6-8-9-10-11-12-19-31-27-22-25(32(34)35)16-17-26(27)28(29(30(31)33)36-20-7-2)37-21-18-24(5)15-13-14-23(3)4/h7,14,16-18,22H,2,6,8-13,15,19-21H2,1,3-5H3/b24-18+. The van der Waals surface area contributed by atoms with Gasteiger partial charge in [-0.3, -0.25) is 14.9 Å². The predicted molar refractivity (Wildman–Crippen MR) is 152 cm³/mol. The Hall–Kier alpha value is -3.35. The Labute approximate surface area is 220 Å². The maximum absolute atomic E-state index is 13.6. The molecule has 0 unspecified atom stereocenters. The molecule has 0 saturated heterocycles. The van der Waals surface area contributed by atoms with Crippen LogP contribution >= 0.6 is 0 Å². The zero-order valence-corrected chi connectivity index (χ0v) is 22.9. The summed E-state index contributed by atoms with van der Waals surface area (Å²) in [7, 11) is 0. The number of nitrogens with zero attached hydrogens (tertiary/aromatic N) is 2. The van der Waals surface area contributed by atoms with Gasteiger partial charge in [0, 0.05) is 24.1 Å². The lowest BCUT2D eigenvalue weighted by Gasteiger charge is -2.18. The normalized spacial score (nSPS) is 11.4. The van der Waals surface area contributed by atoms with Crippen LogP contribution in [0.25, 0.3) is 10.9 Å². The number of pyridine rings is 1. The number of nitro benzene ring substituents is 1. The van der Waals surface area contributed by atoms with Crippen molar-refractivity contribution in [2.45, 2.75) is 85.6 Å². The van der Waals surface area contributed by atoms with Crippen molar-refractivity contribution < 1.29 is 14.4 Å². The lowest BCUT2D eigenvalue weighted by atomic mass is 10.1. The Morgan fingerprint density at radius 3 is 2.41 bits per heavy atom. The van der Waals surface area contributed by atoms with Gasteiger partial charge in [-0.15, -0.1) is 0 Å². The van der Waals surface area contributed by atoms with Crippen LogP contribution in [0.3, 0.4) is 0 Å². The van der Waals surface area contributed by atoms with E-state index < -0.39 is 4.92 Å². The first-order valence-electron chi connectivity index (χ1n) is 13.3. The van der Waals surface area contributed by atoms with Gasteiger partial charge in [0.25, 0.3) is 11.2 Å². The molecule has 0 radical (unpaired) electrons. The van der Waals surface area contributed by atoms with E-state index in [1.807, 2.05) is 6.08 Å². The number of nitro groups is 1. The summed E-state index contributed by atoms with van der Waals surface area (Å²) in [6.07, 6.45) is 14.1. The zero-order valence-electron chi connectivity index (χ0n) is 22.9. The monoisotopic (exact) mass is 510 g/mol.